The minimum absolute atomic E-state index is 0.0550. The van der Waals surface area contributed by atoms with Gasteiger partial charge in [0.25, 0.3) is 5.91 Å². The number of hydrogen-bond donors (Lipinski definition) is 1. The number of halogens is 1. The molecule has 1 aliphatic heterocycles. The summed E-state index contributed by atoms with van der Waals surface area (Å²) in [6.07, 6.45) is 5.56. The molecule has 0 spiro atoms. The van der Waals surface area contributed by atoms with Crippen LogP contribution in [0.15, 0.2) is 36.5 Å². The highest BCUT2D eigenvalue weighted by atomic mass is 19.1. The number of cyclic esters (lactones) is 1. The van der Waals surface area contributed by atoms with Crippen molar-refractivity contribution in [3.8, 4) is 11.5 Å². The summed E-state index contributed by atoms with van der Waals surface area (Å²) in [6, 6.07) is 7.01. The summed E-state index contributed by atoms with van der Waals surface area (Å²) in [5, 5.41) is 2.72. The van der Waals surface area contributed by atoms with Crippen molar-refractivity contribution < 1.29 is 33.0 Å². The first kappa shape index (κ1) is 28.1. The smallest absolute Gasteiger partial charge is 0.328 e. The van der Waals surface area contributed by atoms with Crippen molar-refractivity contribution >= 4 is 17.8 Å². The zero-order valence-corrected chi connectivity index (χ0v) is 21.8. The van der Waals surface area contributed by atoms with Gasteiger partial charge in [-0.05, 0) is 49.8 Å². The maximum Gasteiger partial charge on any atom is 0.328 e. The molecule has 1 N–H and O–H groups in total. The maximum atomic E-state index is 13.4. The number of methoxy groups -OCH3 is 1. The molecule has 1 saturated heterocycles. The molecule has 2 heterocycles. The zero-order valence-electron chi connectivity index (χ0n) is 21.8. The van der Waals surface area contributed by atoms with Crippen molar-refractivity contribution in [3.63, 3.8) is 0 Å². The van der Waals surface area contributed by atoms with Crippen molar-refractivity contribution in [2.45, 2.75) is 71.4 Å². The molecule has 4 atom stereocenters. The third kappa shape index (κ3) is 7.50. The highest BCUT2D eigenvalue weighted by Gasteiger charge is 2.34. The number of ether oxygens (including phenoxy) is 3. The van der Waals surface area contributed by atoms with Crippen LogP contribution in [-0.4, -0.2) is 42.1 Å². The second-order valence-electron chi connectivity index (χ2n) is 9.43. The number of hydrogen-bond acceptors (Lipinski definition) is 7. The molecule has 0 radical (unpaired) electrons. The van der Waals surface area contributed by atoms with Crippen molar-refractivity contribution in [1.29, 1.82) is 0 Å². The van der Waals surface area contributed by atoms with Gasteiger partial charge in [-0.2, -0.15) is 0 Å². The summed E-state index contributed by atoms with van der Waals surface area (Å²) < 4.78 is 29.7. The fourth-order valence-corrected chi connectivity index (χ4v) is 4.96. The van der Waals surface area contributed by atoms with Crippen LogP contribution in [0, 0.1) is 17.7 Å². The molecule has 1 aromatic carbocycles. The minimum atomic E-state index is -0.889. The van der Waals surface area contributed by atoms with Gasteiger partial charge in [-0.25, -0.2) is 14.2 Å². The Balaban J connectivity index is 1.80. The van der Waals surface area contributed by atoms with E-state index in [1.807, 2.05) is 6.92 Å². The number of aromatic nitrogens is 1. The monoisotopic (exact) mass is 514 g/mol. The van der Waals surface area contributed by atoms with Crippen LogP contribution in [0.3, 0.4) is 0 Å². The van der Waals surface area contributed by atoms with Crippen molar-refractivity contribution in [1.82, 2.24) is 10.3 Å². The molecule has 0 aliphatic carbocycles. The standard InChI is InChI=1S/C28H35FN2O6/c1-5-7-20-8-6-9-23(28(34)36-17(2)22(20)16-19-10-12-21(29)13-11-19)31-27(33)25-26(37-18(3)32)24(35-4)14-15-30-25/h10-15,17,20,22-23H,5-9,16H2,1-4H3,(H,31,33). The average molecular weight is 515 g/mol. The topological polar surface area (TPSA) is 104 Å². The number of benzene rings is 1. The van der Waals surface area contributed by atoms with E-state index in [0.29, 0.717) is 25.2 Å². The average Bonchev–Trinajstić information content (AvgIpc) is 2.91. The fourth-order valence-electron chi connectivity index (χ4n) is 4.96. The molecule has 37 heavy (non-hydrogen) atoms. The van der Waals surface area contributed by atoms with Crippen molar-refractivity contribution in [2.24, 2.45) is 11.8 Å². The third-order valence-electron chi connectivity index (χ3n) is 6.76. The van der Waals surface area contributed by atoms with Gasteiger partial charge >= 0.3 is 11.9 Å². The van der Waals surface area contributed by atoms with Gasteiger partial charge in [0.05, 0.1) is 7.11 Å². The van der Waals surface area contributed by atoms with Gasteiger partial charge in [-0.1, -0.05) is 38.3 Å². The van der Waals surface area contributed by atoms with Crippen LogP contribution < -0.4 is 14.8 Å². The Bertz CT molecular complexity index is 1090. The molecule has 1 fully saturated rings. The lowest BCUT2D eigenvalue weighted by Gasteiger charge is -2.31. The third-order valence-corrected chi connectivity index (χ3v) is 6.76. The predicted molar refractivity (Wildman–Crippen MR) is 135 cm³/mol. The van der Waals surface area contributed by atoms with Gasteiger partial charge in [-0.3, -0.25) is 9.59 Å². The molecule has 4 unspecified atom stereocenters. The highest BCUT2D eigenvalue weighted by Crippen LogP contribution is 2.33. The van der Waals surface area contributed by atoms with Crippen LogP contribution in [0.4, 0.5) is 4.39 Å². The molecule has 0 saturated carbocycles. The van der Waals surface area contributed by atoms with Gasteiger partial charge in [0, 0.05) is 25.1 Å². The predicted octanol–water partition coefficient (Wildman–Crippen LogP) is 4.64. The lowest BCUT2D eigenvalue weighted by atomic mass is 9.78. The number of pyridine rings is 1. The van der Waals surface area contributed by atoms with Crippen LogP contribution in [0.2, 0.25) is 0 Å². The van der Waals surface area contributed by atoms with E-state index in [1.54, 1.807) is 12.1 Å². The van der Waals surface area contributed by atoms with Crippen LogP contribution in [-0.2, 0) is 20.7 Å². The Morgan fingerprint density at radius 2 is 1.92 bits per heavy atom. The van der Waals surface area contributed by atoms with E-state index in [-0.39, 0.29) is 28.9 Å². The van der Waals surface area contributed by atoms with Gasteiger partial charge < -0.3 is 19.5 Å². The number of carbonyl (C=O) groups excluding carboxylic acids is 3. The maximum absolute atomic E-state index is 13.4. The van der Waals surface area contributed by atoms with Gasteiger partial charge in [-0.15, -0.1) is 0 Å². The number of esters is 2. The summed E-state index contributed by atoms with van der Waals surface area (Å²) in [6.45, 7) is 5.21. The van der Waals surface area contributed by atoms with E-state index < -0.39 is 30.0 Å². The molecule has 3 rings (SSSR count). The first-order chi connectivity index (χ1) is 17.7. The van der Waals surface area contributed by atoms with Gasteiger partial charge in [0.15, 0.2) is 11.4 Å². The van der Waals surface area contributed by atoms with Crippen LogP contribution >= 0.6 is 0 Å². The number of nitrogens with one attached hydrogen (secondary N) is 1. The van der Waals surface area contributed by atoms with Gasteiger partial charge in [0.1, 0.15) is 18.0 Å². The Morgan fingerprint density at radius 3 is 2.57 bits per heavy atom. The van der Waals surface area contributed by atoms with Crippen LogP contribution in [0.5, 0.6) is 11.5 Å². The van der Waals surface area contributed by atoms with Crippen molar-refractivity contribution in [3.05, 3.63) is 53.6 Å². The summed E-state index contributed by atoms with van der Waals surface area (Å²) in [4.78, 5) is 42.0. The van der Waals surface area contributed by atoms with E-state index in [4.69, 9.17) is 14.2 Å². The second kappa shape index (κ2) is 13.2. The first-order valence-electron chi connectivity index (χ1n) is 12.7. The van der Waals surface area contributed by atoms with Gasteiger partial charge in [0.2, 0.25) is 5.75 Å². The summed E-state index contributed by atoms with van der Waals surface area (Å²) in [5.74, 6) is -1.69. The Morgan fingerprint density at radius 1 is 1.19 bits per heavy atom. The number of nitrogens with zero attached hydrogens (tertiary/aromatic N) is 1. The van der Waals surface area contributed by atoms with E-state index in [0.717, 1.165) is 24.8 Å². The molecule has 8 nitrogen and oxygen atoms in total. The molecule has 1 aromatic heterocycles. The minimum Gasteiger partial charge on any atom is -0.493 e. The van der Waals surface area contributed by atoms with E-state index in [9.17, 15) is 18.8 Å². The number of amides is 1. The van der Waals surface area contributed by atoms with E-state index in [1.165, 1.54) is 38.4 Å². The lowest BCUT2D eigenvalue weighted by Crippen LogP contribution is -2.43. The summed E-state index contributed by atoms with van der Waals surface area (Å²) in [7, 11) is 1.39. The molecule has 9 heteroatoms. The Kier molecular flexibility index (Phi) is 10.00. The summed E-state index contributed by atoms with van der Waals surface area (Å²) in [5.41, 5.74) is 0.829. The largest absolute Gasteiger partial charge is 0.493 e. The molecule has 1 amide bonds. The Hall–Kier alpha value is -3.49. The molecule has 200 valence electrons. The second-order valence-corrected chi connectivity index (χ2v) is 9.43. The highest BCUT2D eigenvalue weighted by molar-refractivity contribution is 5.98. The molecule has 0 bridgehead atoms. The van der Waals surface area contributed by atoms with E-state index in [2.05, 4.69) is 17.2 Å². The first-order valence-corrected chi connectivity index (χ1v) is 12.7. The molecular formula is C28H35FN2O6. The normalized spacial score (nSPS) is 22.1. The zero-order chi connectivity index (χ0) is 26.9. The number of carbonyl (C=O) groups is 3. The Labute approximate surface area is 216 Å². The lowest BCUT2D eigenvalue weighted by molar-refractivity contribution is -0.153. The number of rotatable bonds is 8. The fraction of sp³-hybridized carbons (Fsp3) is 0.500. The molecular weight excluding hydrogens is 479 g/mol. The van der Waals surface area contributed by atoms with Crippen LogP contribution in [0.25, 0.3) is 0 Å². The van der Waals surface area contributed by atoms with E-state index >= 15 is 0 Å². The summed E-state index contributed by atoms with van der Waals surface area (Å²) >= 11 is 0. The molecule has 2 aromatic rings. The molecule has 1 aliphatic rings. The quantitative estimate of drug-likeness (QED) is 0.512. The SMILES string of the molecule is CCCC1CCCC(NC(=O)c2nccc(OC)c2OC(C)=O)C(=O)OC(C)C1Cc1ccc(F)cc1. The van der Waals surface area contributed by atoms with Crippen molar-refractivity contribution in [2.75, 3.05) is 7.11 Å². The van der Waals surface area contributed by atoms with Crippen LogP contribution in [0.1, 0.15) is 68.9 Å².